The second-order valence-corrected chi connectivity index (χ2v) is 16.5. The van der Waals surface area contributed by atoms with Gasteiger partial charge in [0.25, 0.3) is 0 Å². The standard InChI is InChI=1S/C52H93NO5/c1-4-7-10-13-16-19-22-24-25-26-27-28-29-31-34-37-40-43-48(58-52(57)45-42-39-36-33-21-18-15-12-9-6-3)46-51(56)53-49(47-54)50(55)44-41-38-35-32-30-23-20-17-14-11-8-5-2/h12,15-16,19,24-25,27-28,31,34,48-50,54-55H,4-11,13-14,17-18,20-23,26,29-30,32-33,35-47H2,1-3H3,(H,53,56)/b15-12-,19-16-,25-24-,28-27-,34-31-. The Labute approximate surface area is 358 Å². The molecule has 0 spiro atoms. The normalized spacial score (nSPS) is 13.8. The Balaban J connectivity index is 4.70. The third-order valence-electron chi connectivity index (χ3n) is 10.8. The fourth-order valence-corrected chi connectivity index (χ4v) is 7.07. The number of carbonyl (C=O) groups is 2. The van der Waals surface area contributed by atoms with Crippen LogP contribution in [0.5, 0.6) is 0 Å². The number of unbranched alkanes of at least 4 members (excludes halogenated alkanes) is 21. The lowest BCUT2D eigenvalue weighted by molar-refractivity contribution is -0.151. The van der Waals surface area contributed by atoms with Crippen molar-refractivity contribution < 1.29 is 24.5 Å². The monoisotopic (exact) mass is 812 g/mol. The Bertz CT molecular complexity index is 1050. The minimum Gasteiger partial charge on any atom is -0.462 e. The van der Waals surface area contributed by atoms with E-state index in [1.54, 1.807) is 0 Å². The van der Waals surface area contributed by atoms with Gasteiger partial charge in [-0.15, -0.1) is 0 Å². The molecule has 336 valence electrons. The molecule has 0 radical (unpaired) electrons. The molecule has 0 fully saturated rings. The number of amides is 1. The Morgan fingerprint density at radius 1 is 0.500 bits per heavy atom. The molecule has 0 saturated carbocycles. The van der Waals surface area contributed by atoms with E-state index in [0.29, 0.717) is 19.3 Å². The van der Waals surface area contributed by atoms with E-state index in [4.69, 9.17) is 4.74 Å². The fourth-order valence-electron chi connectivity index (χ4n) is 7.07. The quantitative estimate of drug-likeness (QED) is 0.0324. The van der Waals surface area contributed by atoms with E-state index in [9.17, 15) is 19.8 Å². The van der Waals surface area contributed by atoms with Gasteiger partial charge in [-0.3, -0.25) is 9.59 Å². The topological polar surface area (TPSA) is 95.9 Å². The zero-order chi connectivity index (χ0) is 42.4. The summed E-state index contributed by atoms with van der Waals surface area (Å²) in [6.07, 6.45) is 55.7. The van der Waals surface area contributed by atoms with Gasteiger partial charge >= 0.3 is 5.97 Å². The Kier molecular flexibility index (Phi) is 43.7. The summed E-state index contributed by atoms with van der Waals surface area (Å²) >= 11 is 0. The van der Waals surface area contributed by atoms with Gasteiger partial charge in [0.15, 0.2) is 0 Å². The molecule has 0 bridgehead atoms. The van der Waals surface area contributed by atoms with Crippen LogP contribution in [0.3, 0.4) is 0 Å². The average Bonchev–Trinajstić information content (AvgIpc) is 3.22. The third kappa shape index (κ3) is 40.3. The maximum Gasteiger partial charge on any atom is 0.306 e. The van der Waals surface area contributed by atoms with Gasteiger partial charge < -0.3 is 20.3 Å². The van der Waals surface area contributed by atoms with Crippen molar-refractivity contribution >= 4 is 11.9 Å². The summed E-state index contributed by atoms with van der Waals surface area (Å²) in [6, 6.07) is -0.720. The molecule has 0 rings (SSSR count). The highest BCUT2D eigenvalue weighted by atomic mass is 16.5. The molecule has 0 heterocycles. The molecule has 1 amide bonds. The number of hydrogen-bond donors (Lipinski definition) is 3. The van der Waals surface area contributed by atoms with Crippen molar-refractivity contribution in [2.24, 2.45) is 0 Å². The lowest BCUT2D eigenvalue weighted by Gasteiger charge is -2.24. The van der Waals surface area contributed by atoms with Gasteiger partial charge in [-0.1, -0.05) is 197 Å². The zero-order valence-corrected chi connectivity index (χ0v) is 38.2. The number of allylic oxidation sites excluding steroid dienone is 10. The van der Waals surface area contributed by atoms with Crippen LogP contribution in [-0.4, -0.2) is 46.9 Å². The van der Waals surface area contributed by atoms with Gasteiger partial charge in [-0.25, -0.2) is 0 Å². The molecule has 0 aliphatic heterocycles. The molecule has 58 heavy (non-hydrogen) atoms. The molecular weight excluding hydrogens is 719 g/mol. The largest absolute Gasteiger partial charge is 0.462 e. The maximum absolute atomic E-state index is 13.2. The average molecular weight is 812 g/mol. The van der Waals surface area contributed by atoms with Gasteiger partial charge in [0.2, 0.25) is 5.91 Å². The molecule has 0 aromatic carbocycles. The first-order chi connectivity index (χ1) is 28.5. The number of esters is 1. The van der Waals surface area contributed by atoms with Crippen molar-refractivity contribution in [3.8, 4) is 0 Å². The van der Waals surface area contributed by atoms with E-state index >= 15 is 0 Å². The molecule has 0 aliphatic rings. The third-order valence-corrected chi connectivity index (χ3v) is 10.8. The van der Waals surface area contributed by atoms with Crippen LogP contribution in [0.25, 0.3) is 0 Å². The number of aliphatic hydroxyl groups excluding tert-OH is 2. The number of carbonyl (C=O) groups excluding carboxylic acids is 2. The first-order valence-corrected chi connectivity index (χ1v) is 24.5. The molecule has 0 saturated heterocycles. The summed E-state index contributed by atoms with van der Waals surface area (Å²) < 4.78 is 5.88. The predicted octanol–water partition coefficient (Wildman–Crippen LogP) is 14.5. The molecule has 6 nitrogen and oxygen atoms in total. The van der Waals surface area contributed by atoms with E-state index in [-0.39, 0.29) is 24.9 Å². The number of nitrogens with one attached hydrogen (secondary N) is 1. The van der Waals surface area contributed by atoms with E-state index in [2.05, 4.69) is 86.8 Å². The lowest BCUT2D eigenvalue weighted by Crippen LogP contribution is -2.46. The number of rotatable bonds is 43. The molecule has 0 aromatic heterocycles. The van der Waals surface area contributed by atoms with Crippen LogP contribution < -0.4 is 5.32 Å². The highest BCUT2D eigenvalue weighted by Crippen LogP contribution is 2.16. The molecule has 0 aromatic rings. The van der Waals surface area contributed by atoms with Crippen molar-refractivity contribution in [3.63, 3.8) is 0 Å². The van der Waals surface area contributed by atoms with Crippen LogP contribution in [0.1, 0.15) is 233 Å². The summed E-state index contributed by atoms with van der Waals surface area (Å²) in [5, 5.41) is 23.7. The molecule has 6 heteroatoms. The summed E-state index contributed by atoms with van der Waals surface area (Å²) in [5.41, 5.74) is 0. The summed E-state index contributed by atoms with van der Waals surface area (Å²) in [5.74, 6) is -0.542. The van der Waals surface area contributed by atoms with Crippen LogP contribution in [0.4, 0.5) is 0 Å². The van der Waals surface area contributed by atoms with E-state index in [1.807, 2.05) is 0 Å². The predicted molar refractivity (Wildman–Crippen MR) is 250 cm³/mol. The second kappa shape index (κ2) is 45.6. The van der Waals surface area contributed by atoms with Gasteiger partial charge in [-0.2, -0.15) is 0 Å². The molecule has 3 atom stereocenters. The van der Waals surface area contributed by atoms with Gasteiger partial charge in [0, 0.05) is 6.42 Å². The van der Waals surface area contributed by atoms with Crippen LogP contribution in [-0.2, 0) is 14.3 Å². The smallest absolute Gasteiger partial charge is 0.306 e. The van der Waals surface area contributed by atoms with Crippen molar-refractivity contribution in [2.75, 3.05) is 6.61 Å². The number of hydrogen-bond acceptors (Lipinski definition) is 5. The van der Waals surface area contributed by atoms with Gasteiger partial charge in [0.1, 0.15) is 6.10 Å². The summed E-state index contributed by atoms with van der Waals surface area (Å²) in [7, 11) is 0. The fraction of sp³-hybridized carbons (Fsp3) is 0.769. The lowest BCUT2D eigenvalue weighted by atomic mass is 10.0. The number of ether oxygens (including phenoxy) is 1. The van der Waals surface area contributed by atoms with Crippen molar-refractivity contribution in [1.82, 2.24) is 5.32 Å². The Morgan fingerprint density at radius 2 is 0.931 bits per heavy atom. The van der Waals surface area contributed by atoms with Crippen LogP contribution in [0.15, 0.2) is 60.8 Å². The van der Waals surface area contributed by atoms with Crippen LogP contribution in [0.2, 0.25) is 0 Å². The minimum atomic E-state index is -0.803. The van der Waals surface area contributed by atoms with Crippen LogP contribution >= 0.6 is 0 Å². The van der Waals surface area contributed by atoms with E-state index < -0.39 is 18.2 Å². The minimum absolute atomic E-state index is 0.0354. The van der Waals surface area contributed by atoms with E-state index in [1.165, 1.54) is 103 Å². The van der Waals surface area contributed by atoms with Crippen molar-refractivity contribution in [1.29, 1.82) is 0 Å². The SMILES string of the molecule is CCC/C=C\CCCCCCCC(=O)OC(CCC/C=C\C/C=C\C/C=C\C/C=C\CCCCC)CC(=O)NC(CO)C(O)CCCCCCCCCCCCCC. The molecular formula is C52H93NO5. The molecule has 0 aliphatic carbocycles. The van der Waals surface area contributed by atoms with Gasteiger partial charge in [0.05, 0.1) is 25.2 Å². The number of aliphatic hydroxyl groups is 2. The summed E-state index contributed by atoms with van der Waals surface area (Å²) in [6.45, 7) is 6.36. The Morgan fingerprint density at radius 3 is 1.48 bits per heavy atom. The molecule has 3 unspecified atom stereocenters. The maximum atomic E-state index is 13.2. The Hall–Kier alpha value is -2.44. The first-order valence-electron chi connectivity index (χ1n) is 24.5. The van der Waals surface area contributed by atoms with Crippen LogP contribution in [0, 0.1) is 0 Å². The summed E-state index contributed by atoms with van der Waals surface area (Å²) in [4.78, 5) is 26.0. The zero-order valence-electron chi connectivity index (χ0n) is 38.2. The molecule has 3 N–H and O–H groups in total. The first kappa shape index (κ1) is 55.6. The highest BCUT2D eigenvalue weighted by molar-refractivity contribution is 5.77. The van der Waals surface area contributed by atoms with Gasteiger partial charge in [-0.05, 0) is 83.5 Å². The van der Waals surface area contributed by atoms with Crippen molar-refractivity contribution in [3.05, 3.63) is 60.8 Å². The second-order valence-electron chi connectivity index (χ2n) is 16.5. The van der Waals surface area contributed by atoms with Crippen molar-refractivity contribution in [2.45, 2.75) is 251 Å². The highest BCUT2D eigenvalue weighted by Gasteiger charge is 2.24. The van der Waals surface area contributed by atoms with E-state index in [0.717, 1.165) is 83.5 Å².